The number of halogens is 3. The highest BCUT2D eigenvalue weighted by Crippen LogP contribution is 2.31. The van der Waals surface area contributed by atoms with Crippen LogP contribution in [0.3, 0.4) is 0 Å². The first-order chi connectivity index (χ1) is 14.0. The van der Waals surface area contributed by atoms with Crippen molar-refractivity contribution in [1.29, 1.82) is 0 Å². The monoisotopic (exact) mass is 448 g/mol. The first-order valence-electron chi connectivity index (χ1n) is 9.55. The maximum atomic E-state index is 12.9. The molecule has 1 N–H and O–H groups in total. The molecule has 8 nitrogen and oxygen atoms in total. The zero-order valence-electron chi connectivity index (χ0n) is 16.4. The number of amides is 3. The van der Waals surface area contributed by atoms with Gasteiger partial charge >= 0.3 is 12.2 Å². The number of imide groups is 1. The Kier molecular flexibility index (Phi) is 6.39. The predicted molar refractivity (Wildman–Crippen MR) is 101 cm³/mol. The van der Waals surface area contributed by atoms with E-state index >= 15 is 0 Å². The van der Waals surface area contributed by atoms with Crippen LogP contribution in [0, 0.1) is 0 Å². The number of urea groups is 1. The van der Waals surface area contributed by atoms with Crippen molar-refractivity contribution in [3.8, 4) is 0 Å². The summed E-state index contributed by atoms with van der Waals surface area (Å²) < 4.78 is 65.3. The highest BCUT2D eigenvalue weighted by Gasteiger charge is 2.39. The Balaban J connectivity index is 1.63. The molecule has 0 unspecified atom stereocenters. The van der Waals surface area contributed by atoms with Crippen LogP contribution >= 0.6 is 0 Å². The van der Waals surface area contributed by atoms with Gasteiger partial charge in [-0.1, -0.05) is 19.4 Å². The Hall–Kier alpha value is -2.18. The van der Waals surface area contributed by atoms with Crippen molar-refractivity contribution < 1.29 is 31.2 Å². The molecule has 1 aromatic carbocycles. The Morgan fingerprint density at radius 3 is 2.40 bits per heavy atom. The van der Waals surface area contributed by atoms with Gasteiger partial charge in [-0.25, -0.2) is 18.1 Å². The first-order valence-corrected chi connectivity index (χ1v) is 11.0. The summed E-state index contributed by atoms with van der Waals surface area (Å²) in [6, 6.07) is 2.64. The maximum Gasteiger partial charge on any atom is 0.416 e. The molecule has 0 radical (unpaired) electrons. The van der Waals surface area contributed by atoms with E-state index in [0.717, 1.165) is 33.8 Å². The number of nitrogens with zero attached hydrogens (tertiary/aromatic N) is 3. The van der Waals surface area contributed by atoms with E-state index in [-0.39, 0.29) is 38.8 Å². The second kappa shape index (κ2) is 8.52. The Labute approximate surface area is 172 Å². The number of hydrogen-bond donors (Lipinski definition) is 1. The van der Waals surface area contributed by atoms with E-state index < -0.39 is 38.7 Å². The lowest BCUT2D eigenvalue weighted by atomic mass is 10.2. The Morgan fingerprint density at radius 2 is 1.80 bits per heavy atom. The summed E-state index contributed by atoms with van der Waals surface area (Å²) in [4.78, 5) is 26.8. The highest BCUT2D eigenvalue weighted by atomic mass is 32.2. The molecule has 166 valence electrons. The summed E-state index contributed by atoms with van der Waals surface area (Å²) in [7, 11) is -4.09. The van der Waals surface area contributed by atoms with Crippen molar-refractivity contribution in [2.75, 3.05) is 32.8 Å². The average molecular weight is 448 g/mol. The lowest BCUT2D eigenvalue weighted by Gasteiger charge is -2.35. The topological polar surface area (TPSA) is 90.0 Å². The lowest BCUT2D eigenvalue weighted by molar-refractivity contribution is -0.137. The summed E-state index contributed by atoms with van der Waals surface area (Å²) >= 11 is 0. The van der Waals surface area contributed by atoms with Crippen LogP contribution in [0.25, 0.3) is 0 Å². The number of rotatable bonds is 6. The minimum Gasteiger partial charge on any atom is -0.326 e. The third-order valence-corrected chi connectivity index (χ3v) is 7.05. The SMILES string of the molecule is CCC[C@H]1NC(=O)N(CN2CCN(S(=O)(=O)c3cccc(C(F)(F)F)c3)CC2)C1=O. The fourth-order valence-electron chi connectivity index (χ4n) is 3.49. The summed E-state index contributed by atoms with van der Waals surface area (Å²) in [5.74, 6) is -0.305. The van der Waals surface area contributed by atoms with Gasteiger partial charge in [-0.05, 0) is 24.6 Å². The number of piperazine rings is 1. The molecule has 0 aliphatic carbocycles. The smallest absolute Gasteiger partial charge is 0.326 e. The molecule has 2 aliphatic rings. The second-order valence-corrected chi connectivity index (χ2v) is 9.18. The summed E-state index contributed by atoms with van der Waals surface area (Å²) in [5.41, 5.74) is -1.03. The zero-order valence-corrected chi connectivity index (χ0v) is 17.2. The normalized spacial score (nSPS) is 21.9. The van der Waals surface area contributed by atoms with Crippen LogP contribution < -0.4 is 5.32 Å². The standard InChI is InChI=1S/C18H23F3N4O4S/c1-2-4-15-16(26)25(17(27)22-15)12-23-7-9-24(10-8-23)30(28,29)14-6-3-5-13(11-14)18(19,20)21/h3,5-6,11,15H,2,4,7-10,12H2,1H3,(H,22,27)/t15-/m1/s1. The van der Waals surface area contributed by atoms with Gasteiger partial charge in [-0.2, -0.15) is 17.5 Å². The van der Waals surface area contributed by atoms with E-state index in [9.17, 15) is 31.2 Å². The van der Waals surface area contributed by atoms with Crippen molar-refractivity contribution >= 4 is 22.0 Å². The molecule has 0 saturated carbocycles. The number of benzene rings is 1. The van der Waals surface area contributed by atoms with E-state index in [0.29, 0.717) is 12.5 Å². The van der Waals surface area contributed by atoms with Gasteiger partial charge in [0.15, 0.2) is 0 Å². The van der Waals surface area contributed by atoms with E-state index in [1.54, 1.807) is 4.90 Å². The molecule has 0 bridgehead atoms. The molecule has 1 atom stereocenters. The molecular formula is C18H23F3N4O4S. The summed E-state index contributed by atoms with van der Waals surface area (Å²) in [6.07, 6.45) is -3.34. The number of hydrogen-bond acceptors (Lipinski definition) is 5. The minimum absolute atomic E-state index is 0.0423. The quantitative estimate of drug-likeness (QED) is 0.669. The van der Waals surface area contributed by atoms with Crippen LogP contribution in [0.1, 0.15) is 25.3 Å². The van der Waals surface area contributed by atoms with Crippen LogP contribution in [0.2, 0.25) is 0 Å². The molecule has 2 aliphatic heterocycles. The van der Waals surface area contributed by atoms with Crippen LogP contribution in [0.5, 0.6) is 0 Å². The third kappa shape index (κ3) is 4.60. The number of carbonyl (C=O) groups excluding carboxylic acids is 2. The fourth-order valence-corrected chi connectivity index (χ4v) is 4.96. The van der Waals surface area contributed by atoms with E-state index in [1.807, 2.05) is 6.92 Å². The second-order valence-electron chi connectivity index (χ2n) is 7.25. The van der Waals surface area contributed by atoms with E-state index in [4.69, 9.17) is 0 Å². The molecule has 12 heteroatoms. The van der Waals surface area contributed by atoms with Crippen LogP contribution in [-0.4, -0.2) is 73.4 Å². The van der Waals surface area contributed by atoms with Crippen LogP contribution in [0.15, 0.2) is 29.2 Å². The molecule has 3 amide bonds. The number of carbonyl (C=O) groups is 2. The van der Waals surface area contributed by atoms with Gasteiger partial charge < -0.3 is 5.32 Å². The largest absolute Gasteiger partial charge is 0.416 e. The number of sulfonamides is 1. The minimum atomic E-state index is -4.64. The van der Waals surface area contributed by atoms with E-state index in [2.05, 4.69) is 5.32 Å². The van der Waals surface area contributed by atoms with E-state index in [1.165, 1.54) is 0 Å². The van der Waals surface area contributed by atoms with Crippen molar-refractivity contribution in [3.05, 3.63) is 29.8 Å². The molecular weight excluding hydrogens is 425 g/mol. The average Bonchev–Trinajstić information content (AvgIpc) is 2.96. The molecule has 2 saturated heterocycles. The molecule has 0 aromatic heterocycles. The number of alkyl halides is 3. The lowest BCUT2D eigenvalue weighted by Crippen LogP contribution is -2.52. The molecule has 30 heavy (non-hydrogen) atoms. The van der Waals surface area contributed by atoms with Gasteiger partial charge in [0.2, 0.25) is 10.0 Å². The van der Waals surface area contributed by atoms with Crippen molar-refractivity contribution in [3.63, 3.8) is 0 Å². The van der Waals surface area contributed by atoms with Gasteiger partial charge in [-0.15, -0.1) is 0 Å². The van der Waals surface area contributed by atoms with Crippen LogP contribution in [-0.2, 0) is 21.0 Å². The summed E-state index contributed by atoms with van der Waals surface area (Å²) in [6.45, 7) is 2.52. The predicted octanol–water partition coefficient (Wildman–Crippen LogP) is 1.69. The van der Waals surface area contributed by atoms with Crippen molar-refractivity contribution in [2.45, 2.75) is 36.9 Å². The first kappa shape index (κ1) is 22.5. The highest BCUT2D eigenvalue weighted by molar-refractivity contribution is 7.89. The molecule has 3 rings (SSSR count). The molecule has 1 aromatic rings. The van der Waals surface area contributed by atoms with Gasteiger partial charge in [0.25, 0.3) is 5.91 Å². The fraction of sp³-hybridized carbons (Fsp3) is 0.556. The molecule has 2 heterocycles. The maximum absolute atomic E-state index is 12.9. The number of nitrogens with one attached hydrogen (secondary N) is 1. The van der Waals surface area contributed by atoms with Crippen LogP contribution in [0.4, 0.5) is 18.0 Å². The van der Waals surface area contributed by atoms with Gasteiger partial charge in [-0.3, -0.25) is 9.69 Å². The van der Waals surface area contributed by atoms with Gasteiger partial charge in [0.1, 0.15) is 6.04 Å². The van der Waals surface area contributed by atoms with Crippen molar-refractivity contribution in [1.82, 2.24) is 19.4 Å². The van der Waals surface area contributed by atoms with Crippen molar-refractivity contribution in [2.24, 2.45) is 0 Å². The van der Waals surface area contributed by atoms with Gasteiger partial charge in [0, 0.05) is 26.2 Å². The Bertz CT molecular complexity index is 914. The van der Waals surface area contributed by atoms with Gasteiger partial charge in [0.05, 0.1) is 17.1 Å². The Morgan fingerprint density at radius 1 is 1.13 bits per heavy atom. The molecule has 2 fully saturated rings. The summed E-state index contributed by atoms with van der Waals surface area (Å²) in [5, 5.41) is 2.63. The third-order valence-electron chi connectivity index (χ3n) is 5.16. The zero-order chi connectivity index (χ0) is 22.1. The molecule has 0 spiro atoms.